The van der Waals surface area contributed by atoms with Crippen molar-refractivity contribution in [2.75, 3.05) is 7.11 Å². The average molecular weight is 354 g/mol. The van der Waals surface area contributed by atoms with E-state index in [4.69, 9.17) is 4.74 Å². The van der Waals surface area contributed by atoms with Crippen molar-refractivity contribution in [3.8, 4) is 11.5 Å². The quantitative estimate of drug-likeness (QED) is 0.436. The highest BCUT2D eigenvalue weighted by Crippen LogP contribution is 2.36. The van der Waals surface area contributed by atoms with Crippen LogP contribution < -0.4 is 10.3 Å². The summed E-state index contributed by atoms with van der Waals surface area (Å²) in [6, 6.07) is 9.39. The Kier molecular flexibility index (Phi) is 4.36. The second kappa shape index (κ2) is 6.63. The van der Waals surface area contributed by atoms with E-state index in [1.165, 1.54) is 19.4 Å². The Labute approximate surface area is 147 Å². The van der Waals surface area contributed by atoms with Crippen LogP contribution in [0, 0.1) is 17.0 Å². The third-order valence-electron chi connectivity index (χ3n) is 3.73. The van der Waals surface area contributed by atoms with Crippen molar-refractivity contribution in [2.45, 2.75) is 6.92 Å². The van der Waals surface area contributed by atoms with Crippen LogP contribution in [0.3, 0.4) is 0 Å². The topological polar surface area (TPSA) is 120 Å². The maximum atomic E-state index is 12.6. The van der Waals surface area contributed by atoms with Gasteiger partial charge in [-0.05, 0) is 25.1 Å². The number of ether oxygens (including phenoxy) is 1. The van der Waals surface area contributed by atoms with E-state index < -0.39 is 16.4 Å². The maximum absolute atomic E-state index is 12.6. The minimum Gasteiger partial charge on any atom is -0.500 e. The Morgan fingerprint density at radius 1 is 1.35 bits per heavy atom. The number of nitrogens with zero attached hydrogens (tertiary/aromatic N) is 4. The van der Waals surface area contributed by atoms with Gasteiger partial charge in [0.1, 0.15) is 5.82 Å². The zero-order valence-corrected chi connectivity index (χ0v) is 13.9. The zero-order valence-electron chi connectivity index (χ0n) is 13.9. The Hall–Kier alpha value is -3.75. The summed E-state index contributed by atoms with van der Waals surface area (Å²) >= 11 is 0. The third kappa shape index (κ3) is 2.97. The highest BCUT2D eigenvalue weighted by Gasteiger charge is 2.19. The standard InChI is InChI=1S/C17H14N4O5/c1-10-19-13-6-4-3-5-12(13)17(23)20(10)18-9-11-7-14(21(24)25)16(22)15(8-11)26-2/h3-9,22H,1-2H3/b18-9+. The van der Waals surface area contributed by atoms with Crippen molar-refractivity contribution in [1.29, 1.82) is 0 Å². The summed E-state index contributed by atoms with van der Waals surface area (Å²) < 4.78 is 6.04. The molecule has 0 aliphatic heterocycles. The van der Waals surface area contributed by atoms with Gasteiger partial charge in [-0.2, -0.15) is 9.78 Å². The Morgan fingerprint density at radius 3 is 2.77 bits per heavy atom. The van der Waals surface area contributed by atoms with E-state index in [0.717, 1.165) is 10.7 Å². The lowest BCUT2D eigenvalue weighted by atomic mass is 10.2. The predicted octanol–water partition coefficient (Wildman–Crippen LogP) is 2.21. The van der Waals surface area contributed by atoms with E-state index in [9.17, 15) is 20.0 Å². The molecule has 132 valence electrons. The van der Waals surface area contributed by atoms with E-state index in [2.05, 4.69) is 10.1 Å². The summed E-state index contributed by atoms with van der Waals surface area (Å²) in [5, 5.41) is 25.3. The molecular weight excluding hydrogens is 340 g/mol. The van der Waals surface area contributed by atoms with Gasteiger partial charge < -0.3 is 9.84 Å². The lowest BCUT2D eigenvalue weighted by molar-refractivity contribution is -0.386. The molecule has 2 aromatic carbocycles. The number of rotatable bonds is 4. The van der Waals surface area contributed by atoms with Crippen LogP contribution in [0.25, 0.3) is 10.9 Å². The Morgan fingerprint density at radius 2 is 2.08 bits per heavy atom. The van der Waals surface area contributed by atoms with Crippen molar-refractivity contribution >= 4 is 22.8 Å². The number of hydrogen-bond donors (Lipinski definition) is 1. The van der Waals surface area contributed by atoms with Gasteiger partial charge in [0, 0.05) is 11.6 Å². The number of aryl methyl sites for hydroxylation is 1. The summed E-state index contributed by atoms with van der Waals surface area (Å²) in [5.74, 6) is -0.276. The second-order valence-corrected chi connectivity index (χ2v) is 5.39. The molecule has 3 aromatic rings. The number of nitro benzene ring substituents is 1. The zero-order chi connectivity index (χ0) is 18.8. The van der Waals surface area contributed by atoms with Crippen LogP contribution in [0.15, 0.2) is 46.3 Å². The monoisotopic (exact) mass is 354 g/mol. The van der Waals surface area contributed by atoms with Crippen LogP contribution in [-0.2, 0) is 0 Å². The second-order valence-electron chi connectivity index (χ2n) is 5.39. The van der Waals surface area contributed by atoms with Gasteiger partial charge in [-0.25, -0.2) is 4.98 Å². The first-order valence-corrected chi connectivity index (χ1v) is 7.50. The number of aromatic hydroxyl groups is 1. The molecular formula is C17H14N4O5. The number of phenols is 1. The van der Waals surface area contributed by atoms with Gasteiger partial charge in [-0.1, -0.05) is 12.1 Å². The van der Waals surface area contributed by atoms with Gasteiger partial charge in [0.25, 0.3) is 5.56 Å². The van der Waals surface area contributed by atoms with Gasteiger partial charge in [0.15, 0.2) is 5.75 Å². The number of benzene rings is 2. The van der Waals surface area contributed by atoms with Crippen LogP contribution in [0.5, 0.6) is 11.5 Å². The normalized spacial score (nSPS) is 11.2. The number of aromatic nitrogens is 2. The molecule has 0 atom stereocenters. The molecule has 0 saturated carbocycles. The molecule has 0 fully saturated rings. The maximum Gasteiger partial charge on any atom is 0.315 e. The van der Waals surface area contributed by atoms with Crippen LogP contribution >= 0.6 is 0 Å². The molecule has 1 N–H and O–H groups in total. The summed E-state index contributed by atoms with van der Waals surface area (Å²) in [4.78, 5) is 27.2. The fourth-order valence-corrected chi connectivity index (χ4v) is 2.48. The smallest absolute Gasteiger partial charge is 0.315 e. The fraction of sp³-hybridized carbons (Fsp3) is 0.118. The molecule has 0 amide bonds. The molecule has 0 radical (unpaired) electrons. The van der Waals surface area contributed by atoms with Crippen molar-refractivity contribution in [3.05, 3.63) is 68.3 Å². The van der Waals surface area contributed by atoms with Gasteiger partial charge >= 0.3 is 5.69 Å². The molecule has 0 aliphatic rings. The Balaban J connectivity index is 2.11. The molecule has 0 unspecified atom stereocenters. The fourth-order valence-electron chi connectivity index (χ4n) is 2.48. The van der Waals surface area contributed by atoms with Crippen LogP contribution in [0.2, 0.25) is 0 Å². The van der Waals surface area contributed by atoms with Gasteiger partial charge in [-0.3, -0.25) is 14.9 Å². The summed E-state index contributed by atoms with van der Waals surface area (Å²) in [6.45, 7) is 1.63. The van der Waals surface area contributed by atoms with E-state index >= 15 is 0 Å². The van der Waals surface area contributed by atoms with Crippen molar-refractivity contribution in [2.24, 2.45) is 5.10 Å². The molecule has 3 rings (SSSR count). The first kappa shape index (κ1) is 17.1. The van der Waals surface area contributed by atoms with Crippen LogP contribution in [-0.4, -0.2) is 33.0 Å². The average Bonchev–Trinajstić information content (AvgIpc) is 2.62. The van der Waals surface area contributed by atoms with Crippen LogP contribution in [0.1, 0.15) is 11.4 Å². The molecule has 0 spiro atoms. The Bertz CT molecular complexity index is 1100. The van der Waals surface area contributed by atoms with E-state index in [-0.39, 0.29) is 16.9 Å². The molecule has 0 saturated heterocycles. The molecule has 9 nitrogen and oxygen atoms in total. The predicted molar refractivity (Wildman–Crippen MR) is 95.0 cm³/mol. The van der Waals surface area contributed by atoms with E-state index in [0.29, 0.717) is 16.7 Å². The molecule has 1 aromatic heterocycles. The first-order valence-electron chi connectivity index (χ1n) is 7.50. The minimum absolute atomic E-state index is 0.0682. The third-order valence-corrected chi connectivity index (χ3v) is 3.73. The number of hydrogen-bond acceptors (Lipinski definition) is 7. The molecule has 1 heterocycles. The highest BCUT2D eigenvalue weighted by atomic mass is 16.6. The summed E-state index contributed by atoms with van der Waals surface area (Å²) in [6.07, 6.45) is 1.26. The van der Waals surface area contributed by atoms with Gasteiger partial charge in [0.05, 0.1) is 29.2 Å². The number of phenolic OH excluding ortho intramolecular Hbond substituents is 1. The minimum atomic E-state index is -0.732. The number of nitro groups is 1. The molecule has 0 bridgehead atoms. The van der Waals surface area contributed by atoms with Crippen molar-refractivity contribution in [1.82, 2.24) is 9.66 Å². The highest BCUT2D eigenvalue weighted by molar-refractivity contribution is 5.83. The van der Waals surface area contributed by atoms with Crippen molar-refractivity contribution < 1.29 is 14.8 Å². The SMILES string of the molecule is COc1cc(/C=N/n2c(C)nc3ccccc3c2=O)cc([N+](=O)[O-])c1O. The molecule has 26 heavy (non-hydrogen) atoms. The van der Waals surface area contributed by atoms with Crippen molar-refractivity contribution in [3.63, 3.8) is 0 Å². The van der Waals surface area contributed by atoms with E-state index in [1.807, 2.05) is 0 Å². The summed E-state index contributed by atoms with van der Waals surface area (Å²) in [7, 11) is 1.28. The number of methoxy groups -OCH3 is 1. The lowest BCUT2D eigenvalue weighted by Gasteiger charge is -2.06. The van der Waals surface area contributed by atoms with Gasteiger partial charge in [-0.15, -0.1) is 0 Å². The first-order chi connectivity index (χ1) is 12.4. The van der Waals surface area contributed by atoms with Gasteiger partial charge in [0.2, 0.25) is 5.75 Å². The largest absolute Gasteiger partial charge is 0.500 e. The number of para-hydroxylation sites is 1. The molecule has 9 heteroatoms. The van der Waals surface area contributed by atoms with E-state index in [1.54, 1.807) is 31.2 Å². The summed E-state index contributed by atoms with van der Waals surface area (Å²) in [5.41, 5.74) is -0.0368. The molecule has 0 aliphatic carbocycles. The lowest BCUT2D eigenvalue weighted by Crippen LogP contribution is -2.20. The number of fused-ring (bicyclic) bond motifs is 1. The van der Waals surface area contributed by atoms with Crippen LogP contribution in [0.4, 0.5) is 5.69 Å².